The summed E-state index contributed by atoms with van der Waals surface area (Å²) in [7, 11) is 0. The molecule has 0 aliphatic carbocycles. The quantitative estimate of drug-likeness (QED) is 0.319. The van der Waals surface area contributed by atoms with E-state index >= 15 is 0 Å². The number of halogens is 1. The third-order valence-electron chi connectivity index (χ3n) is 5.60. The van der Waals surface area contributed by atoms with Crippen molar-refractivity contribution in [3.8, 4) is 5.75 Å². The summed E-state index contributed by atoms with van der Waals surface area (Å²) in [5.74, 6) is -0.280. The number of fused-ring (bicyclic) bond motifs is 1. The molecule has 0 atom stereocenters. The molecule has 37 heavy (non-hydrogen) atoms. The standard InChI is InChI=1S/C26H25ClN4O5S/c1-2-36-21-10-6-5-9-19(21)29-23(33)16-31-20-12-14-37-24(20)25(34)30(26(31)35)13-11-22(32)28-15-17-7-3-4-8-18(17)27/h3-10,12,14H,2,11,13,15-16H2,1H3,(H,28,32)(H,29,33). The minimum atomic E-state index is -0.664. The molecule has 0 fully saturated rings. The molecule has 11 heteroatoms. The average Bonchev–Trinajstić information content (AvgIpc) is 3.38. The average molecular weight is 541 g/mol. The van der Waals surface area contributed by atoms with Gasteiger partial charge in [0.1, 0.15) is 17.0 Å². The van der Waals surface area contributed by atoms with Crippen molar-refractivity contribution in [2.75, 3.05) is 11.9 Å². The maximum atomic E-state index is 13.3. The zero-order valence-corrected chi connectivity index (χ0v) is 21.6. The SMILES string of the molecule is CCOc1ccccc1NC(=O)Cn1c(=O)n(CCC(=O)NCc2ccccc2Cl)c(=O)c2sccc21. The molecular formula is C26H25ClN4O5S. The Morgan fingerprint density at radius 3 is 2.54 bits per heavy atom. The highest BCUT2D eigenvalue weighted by atomic mass is 35.5. The van der Waals surface area contributed by atoms with Crippen LogP contribution in [-0.4, -0.2) is 27.6 Å². The van der Waals surface area contributed by atoms with Crippen LogP contribution in [0.15, 0.2) is 69.6 Å². The molecular weight excluding hydrogens is 516 g/mol. The van der Waals surface area contributed by atoms with Gasteiger partial charge in [-0.15, -0.1) is 11.3 Å². The van der Waals surface area contributed by atoms with Crippen LogP contribution in [0.1, 0.15) is 18.9 Å². The predicted octanol–water partition coefficient (Wildman–Crippen LogP) is 3.62. The van der Waals surface area contributed by atoms with E-state index < -0.39 is 17.2 Å². The Hall–Kier alpha value is -3.89. The maximum Gasteiger partial charge on any atom is 0.332 e. The first kappa shape index (κ1) is 26.2. The highest BCUT2D eigenvalue weighted by Crippen LogP contribution is 2.24. The molecule has 9 nitrogen and oxygen atoms in total. The second kappa shape index (κ2) is 11.9. The Bertz CT molecular complexity index is 1560. The Morgan fingerprint density at radius 2 is 1.76 bits per heavy atom. The minimum Gasteiger partial charge on any atom is -0.492 e. The highest BCUT2D eigenvalue weighted by Gasteiger charge is 2.18. The number of carbonyl (C=O) groups is 2. The Labute approximate surface area is 221 Å². The zero-order chi connectivity index (χ0) is 26.4. The number of thiophene rings is 1. The van der Waals surface area contributed by atoms with Gasteiger partial charge in [-0.3, -0.25) is 23.5 Å². The van der Waals surface area contributed by atoms with Crippen molar-refractivity contribution < 1.29 is 14.3 Å². The number of aromatic nitrogens is 2. The molecule has 4 rings (SSSR count). The number of rotatable bonds is 10. The van der Waals surface area contributed by atoms with Crippen LogP contribution >= 0.6 is 22.9 Å². The first-order valence-electron chi connectivity index (χ1n) is 11.6. The number of nitrogens with zero attached hydrogens (tertiary/aromatic N) is 2. The largest absolute Gasteiger partial charge is 0.492 e. The van der Waals surface area contributed by atoms with Gasteiger partial charge in [-0.1, -0.05) is 41.9 Å². The molecule has 0 bridgehead atoms. The first-order chi connectivity index (χ1) is 17.9. The van der Waals surface area contributed by atoms with E-state index in [1.165, 1.54) is 15.9 Å². The van der Waals surface area contributed by atoms with E-state index in [1.807, 2.05) is 13.0 Å². The van der Waals surface area contributed by atoms with Gasteiger partial charge in [-0.2, -0.15) is 0 Å². The van der Waals surface area contributed by atoms with Crippen molar-refractivity contribution in [2.24, 2.45) is 0 Å². The third kappa shape index (κ3) is 6.10. The number of hydrogen-bond donors (Lipinski definition) is 2. The normalized spacial score (nSPS) is 10.9. The fraction of sp³-hybridized carbons (Fsp3) is 0.231. The van der Waals surface area contributed by atoms with Gasteiger partial charge in [0.2, 0.25) is 11.8 Å². The Morgan fingerprint density at radius 1 is 1.00 bits per heavy atom. The van der Waals surface area contributed by atoms with Crippen molar-refractivity contribution >= 4 is 50.7 Å². The molecule has 0 aliphatic rings. The number of ether oxygens (including phenoxy) is 1. The van der Waals surface area contributed by atoms with Crippen LogP contribution in [0.4, 0.5) is 5.69 Å². The fourth-order valence-electron chi connectivity index (χ4n) is 3.81. The van der Waals surface area contributed by atoms with Gasteiger partial charge in [0.25, 0.3) is 5.56 Å². The van der Waals surface area contributed by atoms with E-state index in [4.69, 9.17) is 16.3 Å². The van der Waals surface area contributed by atoms with E-state index in [0.29, 0.717) is 33.3 Å². The maximum absolute atomic E-state index is 13.3. The molecule has 2 amide bonds. The molecule has 2 heterocycles. The van der Waals surface area contributed by atoms with Gasteiger partial charge in [-0.25, -0.2) is 4.79 Å². The molecule has 0 aliphatic heterocycles. The summed E-state index contributed by atoms with van der Waals surface area (Å²) < 4.78 is 8.11. The topological polar surface area (TPSA) is 111 Å². The Kier molecular flexibility index (Phi) is 8.42. The molecule has 4 aromatic rings. The van der Waals surface area contributed by atoms with Crippen LogP contribution in [0.2, 0.25) is 5.02 Å². The van der Waals surface area contributed by atoms with Gasteiger partial charge in [0, 0.05) is 24.5 Å². The zero-order valence-electron chi connectivity index (χ0n) is 20.0. The summed E-state index contributed by atoms with van der Waals surface area (Å²) in [6.07, 6.45) is -0.0928. The lowest BCUT2D eigenvalue weighted by Crippen LogP contribution is -2.42. The summed E-state index contributed by atoms with van der Waals surface area (Å²) in [5, 5.41) is 7.74. The monoisotopic (exact) mass is 540 g/mol. The lowest BCUT2D eigenvalue weighted by Gasteiger charge is -2.14. The van der Waals surface area contributed by atoms with Gasteiger partial charge in [-0.05, 0) is 42.1 Å². The number of nitrogens with one attached hydrogen (secondary N) is 2. The van der Waals surface area contributed by atoms with Crippen LogP contribution in [0, 0.1) is 0 Å². The molecule has 0 saturated heterocycles. The smallest absolute Gasteiger partial charge is 0.332 e. The number of carbonyl (C=O) groups excluding carboxylic acids is 2. The molecule has 192 valence electrons. The van der Waals surface area contributed by atoms with Crippen molar-refractivity contribution in [3.63, 3.8) is 0 Å². The summed E-state index contributed by atoms with van der Waals surface area (Å²) in [4.78, 5) is 51.6. The molecule has 0 unspecified atom stereocenters. The van der Waals surface area contributed by atoms with Gasteiger partial charge in [0.05, 0.1) is 17.8 Å². The van der Waals surface area contributed by atoms with Crippen LogP contribution < -0.4 is 26.6 Å². The molecule has 2 aromatic heterocycles. The van der Waals surface area contributed by atoms with Crippen LogP contribution in [0.3, 0.4) is 0 Å². The van der Waals surface area contributed by atoms with Crippen molar-refractivity contribution in [1.29, 1.82) is 0 Å². The van der Waals surface area contributed by atoms with E-state index in [-0.39, 0.29) is 32.0 Å². The van der Waals surface area contributed by atoms with Gasteiger partial charge >= 0.3 is 5.69 Å². The fourth-order valence-corrected chi connectivity index (χ4v) is 4.85. The van der Waals surface area contributed by atoms with Crippen molar-refractivity contribution in [2.45, 2.75) is 33.0 Å². The lowest BCUT2D eigenvalue weighted by molar-refractivity contribution is -0.121. The second-order valence-corrected chi connectivity index (χ2v) is 9.38. The molecule has 2 N–H and O–H groups in total. The van der Waals surface area contributed by atoms with Crippen LogP contribution in [-0.2, 0) is 29.2 Å². The van der Waals surface area contributed by atoms with Crippen LogP contribution in [0.25, 0.3) is 10.2 Å². The summed E-state index contributed by atoms with van der Waals surface area (Å²) in [6.45, 7) is 2.05. The van der Waals surface area contributed by atoms with E-state index in [2.05, 4.69) is 10.6 Å². The van der Waals surface area contributed by atoms with Crippen molar-refractivity contribution in [3.05, 3.63) is 91.4 Å². The van der Waals surface area contributed by atoms with Gasteiger partial charge < -0.3 is 15.4 Å². The predicted molar refractivity (Wildman–Crippen MR) is 145 cm³/mol. The number of benzene rings is 2. The molecule has 0 spiro atoms. The van der Waals surface area contributed by atoms with E-state index in [1.54, 1.807) is 53.9 Å². The Balaban J connectivity index is 1.51. The molecule has 0 radical (unpaired) electrons. The summed E-state index contributed by atoms with van der Waals surface area (Å²) >= 11 is 7.30. The number of anilines is 1. The highest BCUT2D eigenvalue weighted by molar-refractivity contribution is 7.17. The molecule has 2 aromatic carbocycles. The van der Waals surface area contributed by atoms with E-state index in [9.17, 15) is 19.2 Å². The minimum absolute atomic E-state index is 0.0928. The molecule has 0 saturated carbocycles. The van der Waals surface area contributed by atoms with Crippen LogP contribution in [0.5, 0.6) is 5.75 Å². The van der Waals surface area contributed by atoms with Gasteiger partial charge in [0.15, 0.2) is 0 Å². The summed E-state index contributed by atoms with van der Waals surface area (Å²) in [6, 6.07) is 15.8. The lowest BCUT2D eigenvalue weighted by atomic mass is 10.2. The number of hydrogen-bond acceptors (Lipinski definition) is 6. The van der Waals surface area contributed by atoms with E-state index in [0.717, 1.165) is 10.1 Å². The third-order valence-corrected chi connectivity index (χ3v) is 6.86. The summed E-state index contributed by atoms with van der Waals surface area (Å²) in [5.41, 5.74) is 0.449. The second-order valence-electron chi connectivity index (χ2n) is 8.06. The number of amides is 2. The first-order valence-corrected chi connectivity index (χ1v) is 12.9. The van der Waals surface area contributed by atoms with Crippen molar-refractivity contribution in [1.82, 2.24) is 14.5 Å². The number of para-hydroxylation sites is 2.